The van der Waals surface area contributed by atoms with E-state index in [1.54, 1.807) is 14.2 Å². The predicted molar refractivity (Wildman–Crippen MR) is 161 cm³/mol. The van der Waals surface area contributed by atoms with E-state index in [2.05, 4.69) is 97.6 Å². The van der Waals surface area contributed by atoms with Crippen LogP contribution in [0.5, 0.6) is 11.5 Å². The predicted octanol–water partition coefficient (Wildman–Crippen LogP) is 9.66. The molecule has 0 aliphatic heterocycles. The lowest BCUT2D eigenvalue weighted by Crippen LogP contribution is -2.17. The minimum atomic E-state index is -0.118. The van der Waals surface area contributed by atoms with Gasteiger partial charge in [-0.25, -0.2) is 0 Å². The molecule has 3 heteroatoms. The Morgan fingerprint density at radius 1 is 0.579 bits per heavy atom. The molecule has 0 spiro atoms. The Kier molecular flexibility index (Phi) is 6.86. The summed E-state index contributed by atoms with van der Waals surface area (Å²) in [6.07, 6.45) is 0. The summed E-state index contributed by atoms with van der Waals surface area (Å²) in [4.78, 5) is 2.29. The van der Waals surface area contributed by atoms with Crippen LogP contribution in [-0.4, -0.2) is 14.2 Å². The van der Waals surface area contributed by atoms with Gasteiger partial charge in [0.1, 0.15) is 11.5 Å². The van der Waals surface area contributed by atoms with Crippen molar-refractivity contribution in [2.24, 2.45) is 0 Å². The van der Waals surface area contributed by atoms with Crippen LogP contribution in [0.4, 0.5) is 17.1 Å². The summed E-state index contributed by atoms with van der Waals surface area (Å²) in [5.74, 6) is 1.68. The second-order valence-electron chi connectivity index (χ2n) is 9.80. The number of methoxy groups -OCH3 is 2. The van der Waals surface area contributed by atoms with Crippen LogP contribution < -0.4 is 14.4 Å². The molecule has 0 fully saturated rings. The second-order valence-corrected chi connectivity index (χ2v) is 9.80. The highest BCUT2D eigenvalue weighted by atomic mass is 16.5. The first-order chi connectivity index (χ1) is 18.5. The van der Waals surface area contributed by atoms with Gasteiger partial charge in [0.25, 0.3) is 0 Å². The van der Waals surface area contributed by atoms with E-state index in [1.807, 2.05) is 38.1 Å². The molecular weight excluding hydrogens is 466 g/mol. The molecule has 3 nitrogen and oxygen atoms in total. The zero-order chi connectivity index (χ0) is 26.9. The van der Waals surface area contributed by atoms with Crippen molar-refractivity contribution < 1.29 is 9.47 Å². The molecule has 0 saturated carbocycles. The lowest BCUT2D eigenvalue weighted by molar-refractivity contribution is 0.415. The molecule has 1 aliphatic rings. The lowest BCUT2D eigenvalue weighted by atomic mass is 9.80. The number of rotatable bonds is 5. The summed E-state index contributed by atoms with van der Waals surface area (Å²) in [6.45, 7) is 8.69. The minimum Gasteiger partial charge on any atom is -0.497 e. The van der Waals surface area contributed by atoms with E-state index >= 15 is 0 Å². The normalized spacial score (nSPS) is 12.7. The third kappa shape index (κ3) is 4.18. The van der Waals surface area contributed by atoms with Crippen molar-refractivity contribution in [1.82, 2.24) is 0 Å². The molecule has 1 aliphatic carbocycles. The fourth-order valence-corrected chi connectivity index (χ4v) is 5.64. The molecule has 0 heterocycles. The number of anilines is 3. The highest BCUT2D eigenvalue weighted by Crippen LogP contribution is 2.52. The monoisotopic (exact) mass is 501 g/mol. The molecule has 6 rings (SSSR count). The molecule has 0 bridgehead atoms. The summed E-state index contributed by atoms with van der Waals surface area (Å²) in [5, 5.41) is 2.62. The minimum absolute atomic E-state index is 0.118. The van der Waals surface area contributed by atoms with Crippen molar-refractivity contribution in [2.75, 3.05) is 19.1 Å². The summed E-state index contributed by atoms with van der Waals surface area (Å²) in [5.41, 5.74) is 8.54. The van der Waals surface area contributed by atoms with Crippen molar-refractivity contribution in [1.29, 1.82) is 0 Å². The maximum atomic E-state index is 5.41. The Bertz CT molecular complexity index is 1520. The first-order valence-electron chi connectivity index (χ1n) is 13.3. The van der Waals surface area contributed by atoms with Crippen molar-refractivity contribution in [3.63, 3.8) is 0 Å². The van der Waals surface area contributed by atoms with Gasteiger partial charge in [-0.2, -0.15) is 0 Å². The van der Waals surface area contributed by atoms with E-state index in [-0.39, 0.29) is 5.41 Å². The molecule has 5 aromatic rings. The lowest BCUT2D eigenvalue weighted by Gasteiger charge is -2.28. The molecule has 5 aromatic carbocycles. The molecule has 0 aromatic heterocycles. The highest BCUT2D eigenvalue weighted by Gasteiger charge is 2.37. The summed E-state index contributed by atoms with van der Waals surface area (Å²) in [6, 6.07) is 36.5. The molecule has 0 amide bonds. The van der Waals surface area contributed by atoms with Gasteiger partial charge in [-0.15, -0.1) is 0 Å². The fraction of sp³-hybridized carbons (Fsp3) is 0.200. The maximum absolute atomic E-state index is 5.41. The topological polar surface area (TPSA) is 21.7 Å². The zero-order valence-electron chi connectivity index (χ0n) is 23.1. The van der Waals surface area contributed by atoms with Gasteiger partial charge in [0, 0.05) is 22.5 Å². The number of ether oxygens (including phenoxy) is 2. The molecule has 0 saturated heterocycles. The molecule has 0 radical (unpaired) electrons. The Morgan fingerprint density at radius 3 is 1.68 bits per heavy atom. The summed E-state index contributed by atoms with van der Waals surface area (Å²) >= 11 is 0. The van der Waals surface area contributed by atoms with Crippen LogP contribution in [0, 0.1) is 0 Å². The molecule has 0 unspecified atom stereocenters. The highest BCUT2D eigenvalue weighted by molar-refractivity contribution is 5.98. The zero-order valence-corrected chi connectivity index (χ0v) is 23.1. The Hall–Kier alpha value is -4.24. The first kappa shape index (κ1) is 25.4. The Morgan fingerprint density at radius 2 is 1.11 bits per heavy atom. The largest absolute Gasteiger partial charge is 0.497 e. The molecule has 0 N–H and O–H groups in total. The number of fused-ring (bicyclic) bond motifs is 5. The van der Waals surface area contributed by atoms with Crippen LogP contribution in [0.1, 0.15) is 38.8 Å². The average molecular weight is 502 g/mol. The van der Waals surface area contributed by atoms with Crippen LogP contribution in [0.3, 0.4) is 0 Å². The van der Waals surface area contributed by atoms with Gasteiger partial charge < -0.3 is 14.4 Å². The van der Waals surface area contributed by atoms with Crippen LogP contribution >= 0.6 is 0 Å². The van der Waals surface area contributed by atoms with Crippen LogP contribution in [0.15, 0.2) is 103 Å². The van der Waals surface area contributed by atoms with E-state index in [9.17, 15) is 0 Å². The van der Waals surface area contributed by atoms with Gasteiger partial charge in [-0.3, -0.25) is 0 Å². The van der Waals surface area contributed by atoms with Crippen LogP contribution in [0.2, 0.25) is 0 Å². The van der Waals surface area contributed by atoms with Crippen LogP contribution in [-0.2, 0) is 5.41 Å². The van der Waals surface area contributed by atoms with Gasteiger partial charge in [0.15, 0.2) is 0 Å². The van der Waals surface area contributed by atoms with E-state index in [4.69, 9.17) is 9.47 Å². The second kappa shape index (κ2) is 10.3. The first-order valence-corrected chi connectivity index (χ1v) is 13.3. The smallest absolute Gasteiger partial charge is 0.119 e. The van der Waals surface area contributed by atoms with Gasteiger partial charge in [0.05, 0.1) is 14.2 Å². The molecule has 192 valence electrons. The third-order valence-corrected chi connectivity index (χ3v) is 7.44. The van der Waals surface area contributed by atoms with Gasteiger partial charge >= 0.3 is 0 Å². The van der Waals surface area contributed by atoms with Gasteiger partial charge in [-0.05, 0) is 93.7 Å². The van der Waals surface area contributed by atoms with Crippen molar-refractivity contribution in [3.8, 4) is 22.6 Å². The van der Waals surface area contributed by atoms with Crippen LogP contribution in [0.25, 0.3) is 21.9 Å². The molecule has 0 atom stereocenters. The number of hydrogen-bond donors (Lipinski definition) is 0. The number of hydrogen-bond acceptors (Lipinski definition) is 3. The van der Waals surface area contributed by atoms with Crippen molar-refractivity contribution in [2.45, 2.75) is 33.1 Å². The average Bonchev–Trinajstić information content (AvgIpc) is 3.21. The van der Waals surface area contributed by atoms with E-state index in [0.29, 0.717) is 0 Å². The third-order valence-electron chi connectivity index (χ3n) is 7.44. The SMILES string of the molecule is CC.COc1ccc(N(c2ccc(OC)cc2)c2ccc3c(c2)C(C)(C)c2c-3ccc3ccccc23)cc1. The number of nitrogens with zero attached hydrogens (tertiary/aromatic N) is 1. The van der Waals surface area contributed by atoms with Crippen molar-refractivity contribution in [3.05, 3.63) is 114 Å². The maximum Gasteiger partial charge on any atom is 0.119 e. The van der Waals surface area contributed by atoms with E-state index in [1.165, 1.54) is 33.0 Å². The summed E-state index contributed by atoms with van der Waals surface area (Å²) < 4.78 is 10.8. The molecular formula is C35H35NO2. The standard InChI is InChI=1S/C33H29NO2.C2H6/c1-33(2)31-21-25(14-20-29(31)30-19-9-22-7-5-6-8-28(22)32(30)33)34(23-10-15-26(35-3)16-11-23)24-12-17-27(36-4)18-13-24;1-2/h5-21H,1-4H3;1-2H3. The van der Waals surface area contributed by atoms with E-state index in [0.717, 1.165) is 28.6 Å². The fourth-order valence-electron chi connectivity index (χ4n) is 5.64. The quantitative estimate of drug-likeness (QED) is 0.239. The Labute approximate surface area is 226 Å². The summed E-state index contributed by atoms with van der Waals surface area (Å²) in [7, 11) is 3.39. The Balaban J connectivity index is 0.00000144. The number of benzene rings is 5. The molecule has 38 heavy (non-hydrogen) atoms. The van der Waals surface area contributed by atoms with Crippen molar-refractivity contribution >= 4 is 27.8 Å². The van der Waals surface area contributed by atoms with E-state index < -0.39 is 0 Å². The van der Waals surface area contributed by atoms with Gasteiger partial charge in [0.2, 0.25) is 0 Å². The van der Waals surface area contributed by atoms with Gasteiger partial charge in [-0.1, -0.05) is 70.2 Å².